The van der Waals surface area contributed by atoms with Crippen molar-refractivity contribution in [3.63, 3.8) is 0 Å². The molecule has 0 saturated heterocycles. The van der Waals surface area contributed by atoms with Crippen molar-refractivity contribution >= 4 is 66.1 Å². The van der Waals surface area contributed by atoms with Crippen molar-refractivity contribution in [3.05, 3.63) is 161 Å². The minimum absolute atomic E-state index is 0. The largest absolute Gasteiger partial charge is 1.00 e. The van der Waals surface area contributed by atoms with E-state index in [-0.39, 0.29) is 37.4 Å². The van der Waals surface area contributed by atoms with E-state index in [1.165, 1.54) is 49.5 Å². The van der Waals surface area contributed by atoms with Crippen LogP contribution in [0.25, 0.3) is 6.08 Å². The Kier molecular flexibility index (Phi) is 17.9. The summed E-state index contributed by atoms with van der Waals surface area (Å²) in [5.74, 6) is 0. The maximum Gasteiger partial charge on any atom is 0.0780 e. The van der Waals surface area contributed by atoms with Crippen LogP contribution in [0.5, 0.6) is 0 Å². The molecule has 1 radical (unpaired) electrons. The molecule has 6 rings (SSSR count). The molecule has 0 amide bonds. The van der Waals surface area contributed by atoms with Crippen LogP contribution in [0.2, 0.25) is 0 Å². The first-order valence-electron chi connectivity index (χ1n) is 13.9. The Morgan fingerprint density at radius 1 is 0.705 bits per heavy atom. The Balaban J connectivity index is 0.000000227. The molecule has 1 aromatic heterocycles. The summed E-state index contributed by atoms with van der Waals surface area (Å²) < 4.78 is 0.940. The van der Waals surface area contributed by atoms with Crippen LogP contribution in [0.15, 0.2) is 154 Å². The Hall–Kier alpha value is -2.21. The number of hydrogen-bond acceptors (Lipinski definition) is 1. The molecule has 1 aliphatic rings. The Morgan fingerprint density at radius 3 is 1.39 bits per heavy atom. The molecule has 4 aromatic carbocycles. The average Bonchev–Trinajstić information content (AvgIpc) is 3.56. The Morgan fingerprint density at radius 2 is 1.09 bits per heavy atom. The third kappa shape index (κ3) is 12.7. The second-order valence-corrected chi connectivity index (χ2v) is 12.8. The van der Waals surface area contributed by atoms with Crippen molar-refractivity contribution in [1.82, 2.24) is 4.98 Å². The molecule has 2 nitrogen and oxygen atoms in total. The summed E-state index contributed by atoms with van der Waals surface area (Å²) >= 11 is 3.37. The summed E-state index contributed by atoms with van der Waals surface area (Å²) in [6, 6.07) is 44.0. The van der Waals surface area contributed by atoms with Gasteiger partial charge in [0, 0.05) is 36.3 Å². The summed E-state index contributed by atoms with van der Waals surface area (Å²) in [5, 5.41) is 5.37. The zero-order valence-electron chi connectivity index (χ0n) is 24.8. The Bertz CT molecular complexity index is 1470. The molecule has 0 saturated carbocycles. The molecule has 0 unspecified atom stereocenters. The molecular weight excluding hydrogens is 801 g/mol. The number of aliphatic imine (C=N–C) groups is 1. The first-order chi connectivity index (χ1) is 20.5. The summed E-state index contributed by atoms with van der Waals surface area (Å²) in [7, 11) is 2.56. The fourth-order valence-electron chi connectivity index (χ4n) is 4.29. The van der Waals surface area contributed by atoms with Crippen LogP contribution < -0.4 is 38.2 Å². The van der Waals surface area contributed by atoms with Crippen molar-refractivity contribution < 1.29 is 37.4 Å². The van der Waals surface area contributed by atoms with Crippen LogP contribution in [0.4, 0.5) is 0 Å². The molecule has 0 fully saturated rings. The number of benzene rings is 4. The van der Waals surface area contributed by atoms with Gasteiger partial charge in [0.2, 0.25) is 0 Å². The van der Waals surface area contributed by atoms with Gasteiger partial charge in [-0.3, -0.25) is 4.99 Å². The quantitative estimate of drug-likeness (QED) is 0.154. The van der Waals surface area contributed by atoms with E-state index in [9.17, 15) is 0 Å². The van der Waals surface area contributed by atoms with Gasteiger partial charge in [-0.1, -0.05) is 128 Å². The van der Waals surface area contributed by atoms with E-state index in [1.807, 2.05) is 30.3 Å². The predicted molar refractivity (Wildman–Crippen MR) is 190 cm³/mol. The van der Waals surface area contributed by atoms with E-state index < -0.39 is 0 Å². The van der Waals surface area contributed by atoms with Crippen molar-refractivity contribution in [3.8, 4) is 0 Å². The third-order valence-corrected chi connectivity index (χ3v) is 9.01. The van der Waals surface area contributed by atoms with Gasteiger partial charge in [0.25, 0.3) is 0 Å². The summed E-state index contributed by atoms with van der Waals surface area (Å²) in [5.41, 5.74) is 5.86. The van der Waals surface area contributed by atoms with Crippen molar-refractivity contribution in [1.29, 1.82) is 0 Å². The number of aromatic amines is 1. The first kappa shape index (κ1) is 38.0. The number of hydrogen-bond donors (Lipinski definition) is 1. The van der Waals surface area contributed by atoms with Crippen LogP contribution in [0, 0.1) is 6.20 Å². The second-order valence-electron chi connectivity index (χ2n) is 9.45. The van der Waals surface area contributed by atoms with E-state index >= 15 is 0 Å². The van der Waals surface area contributed by atoms with Gasteiger partial charge in [-0.05, 0) is 59.5 Å². The van der Waals surface area contributed by atoms with E-state index in [0.717, 1.165) is 28.0 Å². The van der Waals surface area contributed by atoms with E-state index in [0.29, 0.717) is 0 Å². The summed E-state index contributed by atoms with van der Waals surface area (Å²) in [6.45, 7) is 6.37. The number of allylic oxidation sites excluding steroid dienone is 2. The standard InChI is InChI=1S/C13H14BrN2.2C12H10P.BrH.Pd/c1-4-12-8(2)13(16-9(12)3)6-11-5-10(14)7-15-11;2*1-3-7-11(8-4-1)13-12-9-5-2-6-10-12;;/h5-6,15H,4H2,1-3H3;2*1-10H;1H;/q;2*-1;;/p-1/b13-6+;;;;. The van der Waals surface area contributed by atoms with Gasteiger partial charge >= 0.3 is 0 Å². The molecule has 5 aromatic rings. The molecule has 0 bridgehead atoms. The molecule has 0 spiro atoms. The molecule has 1 aliphatic heterocycles. The van der Waals surface area contributed by atoms with Gasteiger partial charge < -0.3 is 39.1 Å². The molecule has 1 N–H and O–H groups in total. The molecule has 7 heteroatoms. The van der Waals surface area contributed by atoms with Gasteiger partial charge in [-0.15, -0.1) is 0 Å². The molecule has 229 valence electrons. The number of halogens is 2. The maximum atomic E-state index is 4.58. The van der Waals surface area contributed by atoms with E-state index in [1.54, 1.807) is 0 Å². The minimum atomic E-state index is 0. The molecular formula is C37H34Br2N2P2Pd-3. The smallest absolute Gasteiger partial charge is 0.0780 e. The van der Waals surface area contributed by atoms with Gasteiger partial charge in [-0.25, -0.2) is 21.2 Å². The van der Waals surface area contributed by atoms with Crippen molar-refractivity contribution in [2.45, 2.75) is 27.2 Å². The third-order valence-electron chi connectivity index (χ3n) is 6.36. The zero-order valence-corrected chi connectivity index (χ0v) is 31.3. The number of nitrogens with one attached hydrogen (secondary N) is 1. The van der Waals surface area contributed by atoms with E-state index in [2.05, 4.69) is 156 Å². The maximum absolute atomic E-state index is 4.58. The fourth-order valence-corrected chi connectivity index (χ4v) is 6.52. The number of aromatic nitrogens is 1. The fraction of sp³-hybridized carbons (Fsp3) is 0.108. The Labute approximate surface area is 299 Å². The summed E-state index contributed by atoms with van der Waals surface area (Å²) in [6.07, 6.45) is 6.08. The molecule has 0 aliphatic carbocycles. The van der Waals surface area contributed by atoms with Crippen LogP contribution in [0.3, 0.4) is 0 Å². The van der Waals surface area contributed by atoms with Gasteiger partial charge in [0.1, 0.15) is 0 Å². The number of rotatable bonds is 6. The monoisotopic (exact) mass is 832 g/mol. The summed E-state index contributed by atoms with van der Waals surface area (Å²) in [4.78, 5) is 7.64. The number of nitrogens with zero attached hydrogens (tertiary/aromatic N) is 1. The molecule has 0 atom stereocenters. The van der Waals surface area contributed by atoms with Crippen LogP contribution in [0.1, 0.15) is 32.9 Å². The van der Waals surface area contributed by atoms with Gasteiger partial charge in [-0.2, -0.15) is 0 Å². The first-order valence-corrected chi connectivity index (χ1v) is 16.5. The predicted octanol–water partition coefficient (Wildman–Crippen LogP) is 6.29. The van der Waals surface area contributed by atoms with Crippen molar-refractivity contribution in [2.75, 3.05) is 0 Å². The second kappa shape index (κ2) is 20.8. The van der Waals surface area contributed by atoms with Gasteiger partial charge in [0.15, 0.2) is 0 Å². The van der Waals surface area contributed by atoms with Crippen LogP contribution in [-0.4, -0.2) is 10.7 Å². The SMILES string of the molecule is CCC1=C(C)/C(=C\c2cc(Br)[c][nH]2)N=C1C.[Br-].[Pd].c1ccc([P-]c2ccccc2)cc1.c1ccc([P-]c2ccccc2)cc1. The number of H-pyrrole nitrogens is 1. The van der Waals surface area contributed by atoms with Crippen LogP contribution >= 0.6 is 33.1 Å². The topological polar surface area (TPSA) is 28.1 Å². The zero-order chi connectivity index (χ0) is 29.6. The average molecular weight is 835 g/mol. The molecule has 44 heavy (non-hydrogen) atoms. The van der Waals surface area contributed by atoms with Crippen LogP contribution in [-0.2, 0) is 20.4 Å². The van der Waals surface area contributed by atoms with Gasteiger partial charge in [0.05, 0.1) is 11.9 Å². The normalized spacial score (nSPS) is 12.5. The van der Waals surface area contributed by atoms with Crippen molar-refractivity contribution in [2.24, 2.45) is 4.99 Å². The minimum Gasteiger partial charge on any atom is -1.00 e. The molecule has 2 heterocycles. The van der Waals surface area contributed by atoms with E-state index in [4.69, 9.17) is 0 Å².